The van der Waals surface area contributed by atoms with Crippen LogP contribution in [0.4, 0.5) is 0 Å². The smallest absolute Gasteiger partial charge is 0.0264 e. The summed E-state index contributed by atoms with van der Waals surface area (Å²) >= 11 is 0. The van der Waals surface area contributed by atoms with Gasteiger partial charge in [0.1, 0.15) is 0 Å². The van der Waals surface area contributed by atoms with Crippen molar-refractivity contribution in [1.29, 1.82) is 0 Å². The second kappa shape index (κ2) is 4.87. The van der Waals surface area contributed by atoms with Crippen molar-refractivity contribution >= 4 is 0 Å². The average Bonchev–Trinajstić information content (AvgIpc) is 2.71. The van der Waals surface area contributed by atoms with Crippen LogP contribution in [0.25, 0.3) is 0 Å². The van der Waals surface area contributed by atoms with Gasteiger partial charge in [-0.05, 0) is 38.1 Å². The van der Waals surface area contributed by atoms with Crippen molar-refractivity contribution in [3.63, 3.8) is 0 Å². The van der Waals surface area contributed by atoms with Gasteiger partial charge in [-0.2, -0.15) is 0 Å². The number of hydrogen-bond acceptors (Lipinski definition) is 3. The summed E-state index contributed by atoms with van der Waals surface area (Å²) in [6.45, 7) is 7.45. The summed E-state index contributed by atoms with van der Waals surface area (Å²) in [5, 5.41) is 0. The number of likely N-dealkylation sites (tertiary alicyclic amines) is 1. The highest BCUT2D eigenvalue weighted by molar-refractivity contribution is 4.97. The fourth-order valence-corrected chi connectivity index (χ4v) is 4.36. The normalized spacial score (nSPS) is 44.8. The van der Waals surface area contributed by atoms with Gasteiger partial charge in [0.15, 0.2) is 0 Å². The monoisotopic (exact) mass is 237 g/mol. The van der Waals surface area contributed by atoms with Gasteiger partial charge < -0.3 is 5.73 Å². The van der Waals surface area contributed by atoms with E-state index < -0.39 is 0 Å². The lowest BCUT2D eigenvalue weighted by Gasteiger charge is -2.42. The van der Waals surface area contributed by atoms with Gasteiger partial charge in [0.05, 0.1) is 0 Å². The zero-order valence-corrected chi connectivity index (χ0v) is 11.1. The Morgan fingerprint density at radius 3 is 2.59 bits per heavy atom. The average molecular weight is 237 g/mol. The number of fused-ring (bicyclic) bond motifs is 1. The van der Waals surface area contributed by atoms with Crippen LogP contribution in [0.15, 0.2) is 0 Å². The lowest BCUT2D eigenvalue weighted by molar-refractivity contribution is 0.0741. The predicted octanol–water partition coefficient (Wildman–Crippen LogP) is 1.28. The van der Waals surface area contributed by atoms with E-state index in [0.29, 0.717) is 6.04 Å². The number of rotatable bonds is 1. The second-order valence-corrected chi connectivity index (χ2v) is 6.51. The molecule has 0 bridgehead atoms. The van der Waals surface area contributed by atoms with Gasteiger partial charge >= 0.3 is 0 Å². The van der Waals surface area contributed by atoms with Crippen molar-refractivity contribution in [3.8, 4) is 0 Å². The van der Waals surface area contributed by atoms with Crippen molar-refractivity contribution in [2.75, 3.05) is 26.2 Å². The van der Waals surface area contributed by atoms with Gasteiger partial charge in [-0.1, -0.05) is 13.3 Å². The molecule has 17 heavy (non-hydrogen) atoms. The molecule has 3 fully saturated rings. The number of nitrogens with zero attached hydrogens (tertiary/aromatic N) is 2. The third-order valence-electron chi connectivity index (χ3n) is 5.01. The first-order valence-corrected chi connectivity index (χ1v) is 7.47. The molecular weight excluding hydrogens is 210 g/mol. The molecule has 3 aliphatic rings. The lowest BCUT2D eigenvalue weighted by atomic mass is 9.91. The Morgan fingerprint density at radius 1 is 0.941 bits per heavy atom. The molecule has 0 amide bonds. The minimum absolute atomic E-state index is 0.413. The third kappa shape index (κ3) is 2.38. The first kappa shape index (κ1) is 11.9. The quantitative estimate of drug-likeness (QED) is 0.746. The lowest BCUT2D eigenvalue weighted by Crippen LogP contribution is -2.54. The molecule has 0 aromatic heterocycles. The summed E-state index contributed by atoms with van der Waals surface area (Å²) < 4.78 is 0. The van der Waals surface area contributed by atoms with Crippen LogP contribution in [-0.4, -0.2) is 54.1 Å². The van der Waals surface area contributed by atoms with Crippen LogP contribution in [0, 0.1) is 5.92 Å². The molecule has 3 nitrogen and oxygen atoms in total. The molecule has 0 radical (unpaired) electrons. The standard InChI is InChI=1S/C14H27N3/c1-11-8-12(15)10-17(9-11)14-5-7-16-6-3-2-4-13(14)16/h11-14H,2-10,15H2,1H3. The Balaban J connectivity index is 1.67. The van der Waals surface area contributed by atoms with Crippen molar-refractivity contribution in [2.24, 2.45) is 11.7 Å². The zero-order valence-electron chi connectivity index (χ0n) is 11.1. The molecule has 0 aromatic rings. The minimum atomic E-state index is 0.413. The van der Waals surface area contributed by atoms with E-state index >= 15 is 0 Å². The summed E-state index contributed by atoms with van der Waals surface area (Å²) in [7, 11) is 0. The van der Waals surface area contributed by atoms with Crippen LogP contribution >= 0.6 is 0 Å². The summed E-state index contributed by atoms with van der Waals surface area (Å²) in [6, 6.07) is 2.07. The van der Waals surface area contributed by atoms with Crippen molar-refractivity contribution < 1.29 is 0 Å². The van der Waals surface area contributed by atoms with E-state index in [4.69, 9.17) is 5.73 Å². The maximum absolute atomic E-state index is 6.20. The molecule has 3 heterocycles. The van der Waals surface area contributed by atoms with E-state index in [2.05, 4.69) is 16.7 Å². The summed E-state index contributed by atoms with van der Waals surface area (Å²) in [4.78, 5) is 5.45. The van der Waals surface area contributed by atoms with Gasteiger partial charge in [0, 0.05) is 37.8 Å². The fourth-order valence-electron chi connectivity index (χ4n) is 4.36. The van der Waals surface area contributed by atoms with Gasteiger partial charge in [-0.15, -0.1) is 0 Å². The van der Waals surface area contributed by atoms with E-state index in [0.717, 1.165) is 24.5 Å². The molecule has 4 atom stereocenters. The predicted molar refractivity (Wildman–Crippen MR) is 70.9 cm³/mol. The highest BCUT2D eigenvalue weighted by Crippen LogP contribution is 2.32. The van der Waals surface area contributed by atoms with Crippen LogP contribution < -0.4 is 5.73 Å². The molecule has 3 saturated heterocycles. The topological polar surface area (TPSA) is 32.5 Å². The highest BCUT2D eigenvalue weighted by atomic mass is 15.3. The molecule has 0 spiro atoms. The molecule has 3 aliphatic heterocycles. The Labute approximate surface area is 105 Å². The fraction of sp³-hybridized carbons (Fsp3) is 1.00. The second-order valence-electron chi connectivity index (χ2n) is 6.51. The molecule has 2 N–H and O–H groups in total. The van der Waals surface area contributed by atoms with E-state index in [-0.39, 0.29) is 0 Å². The molecule has 0 saturated carbocycles. The largest absolute Gasteiger partial charge is 0.327 e. The summed E-state index contributed by atoms with van der Waals surface area (Å²) in [5.41, 5.74) is 6.20. The van der Waals surface area contributed by atoms with Crippen LogP contribution in [-0.2, 0) is 0 Å². The van der Waals surface area contributed by atoms with E-state index in [1.54, 1.807) is 0 Å². The Bertz CT molecular complexity index is 258. The number of nitrogens with two attached hydrogens (primary N) is 1. The maximum atomic E-state index is 6.20. The van der Waals surface area contributed by atoms with Crippen LogP contribution in [0.3, 0.4) is 0 Å². The van der Waals surface area contributed by atoms with Crippen LogP contribution in [0.5, 0.6) is 0 Å². The SMILES string of the molecule is CC1CC(N)CN(C2CCN3CCCCC23)C1. The molecule has 0 aromatic carbocycles. The Morgan fingerprint density at radius 2 is 1.76 bits per heavy atom. The third-order valence-corrected chi connectivity index (χ3v) is 5.01. The van der Waals surface area contributed by atoms with Gasteiger partial charge in [-0.3, -0.25) is 9.80 Å². The first-order valence-electron chi connectivity index (χ1n) is 7.47. The van der Waals surface area contributed by atoms with Gasteiger partial charge in [0.25, 0.3) is 0 Å². The molecule has 3 heteroatoms. The van der Waals surface area contributed by atoms with Gasteiger partial charge in [-0.25, -0.2) is 0 Å². The Kier molecular flexibility index (Phi) is 3.42. The summed E-state index contributed by atoms with van der Waals surface area (Å²) in [5.74, 6) is 0.788. The van der Waals surface area contributed by atoms with Gasteiger partial charge in [0.2, 0.25) is 0 Å². The van der Waals surface area contributed by atoms with Crippen LogP contribution in [0.1, 0.15) is 39.0 Å². The van der Waals surface area contributed by atoms with Crippen molar-refractivity contribution in [2.45, 2.75) is 57.2 Å². The zero-order chi connectivity index (χ0) is 11.8. The van der Waals surface area contributed by atoms with E-state index in [9.17, 15) is 0 Å². The Hall–Kier alpha value is -0.120. The number of hydrogen-bond donors (Lipinski definition) is 1. The molecule has 0 aliphatic carbocycles. The van der Waals surface area contributed by atoms with E-state index in [1.165, 1.54) is 51.7 Å². The van der Waals surface area contributed by atoms with Crippen LogP contribution in [0.2, 0.25) is 0 Å². The first-order chi connectivity index (χ1) is 8.24. The summed E-state index contributed by atoms with van der Waals surface area (Å²) in [6.07, 6.45) is 6.87. The maximum Gasteiger partial charge on any atom is 0.0264 e. The highest BCUT2D eigenvalue weighted by Gasteiger charge is 2.40. The minimum Gasteiger partial charge on any atom is -0.327 e. The molecule has 98 valence electrons. The molecular formula is C14H27N3. The number of piperidine rings is 2. The molecule has 3 rings (SSSR count). The molecule has 4 unspecified atom stereocenters. The van der Waals surface area contributed by atoms with E-state index in [1.807, 2.05) is 0 Å². The van der Waals surface area contributed by atoms with Crippen molar-refractivity contribution in [1.82, 2.24) is 9.80 Å². The van der Waals surface area contributed by atoms with Crippen molar-refractivity contribution in [3.05, 3.63) is 0 Å².